The summed E-state index contributed by atoms with van der Waals surface area (Å²) in [5, 5.41) is 9.53. The molecule has 0 aliphatic carbocycles. The molecule has 0 saturated carbocycles. The van der Waals surface area contributed by atoms with Crippen LogP contribution in [-0.2, 0) is 4.79 Å². The highest BCUT2D eigenvalue weighted by atomic mass is 16.1. The van der Waals surface area contributed by atoms with E-state index in [1.165, 1.54) is 13.3 Å². The molecule has 33 heavy (non-hydrogen) atoms. The minimum Gasteiger partial charge on any atom is -0.378 e. The predicted octanol–water partition coefficient (Wildman–Crippen LogP) is 4.92. The van der Waals surface area contributed by atoms with Crippen molar-refractivity contribution in [3.8, 4) is 0 Å². The molecule has 0 fully saturated rings. The lowest BCUT2D eigenvalue weighted by molar-refractivity contribution is -0.114. The first-order valence-electron chi connectivity index (χ1n) is 10.7. The van der Waals surface area contributed by atoms with Crippen molar-refractivity contribution >= 4 is 51.6 Å². The summed E-state index contributed by atoms with van der Waals surface area (Å²) in [4.78, 5) is 27.1. The number of nitrogens with one attached hydrogen (secondary N) is 3. The van der Waals surface area contributed by atoms with Gasteiger partial charge in [0.05, 0.1) is 0 Å². The van der Waals surface area contributed by atoms with Crippen molar-refractivity contribution in [2.24, 2.45) is 0 Å². The normalized spacial score (nSPS) is 11.0. The van der Waals surface area contributed by atoms with E-state index in [1.807, 2.05) is 50.5 Å². The Bertz CT molecular complexity index is 1280. The van der Waals surface area contributed by atoms with Gasteiger partial charge >= 0.3 is 0 Å². The molecular formula is C24H28N8O. The molecule has 0 aliphatic rings. The number of carbonyl (C=O) groups is 1. The van der Waals surface area contributed by atoms with Gasteiger partial charge in [0, 0.05) is 49.8 Å². The van der Waals surface area contributed by atoms with Crippen molar-refractivity contribution in [3.63, 3.8) is 0 Å². The third-order valence-electron chi connectivity index (χ3n) is 5.08. The molecule has 9 nitrogen and oxygen atoms in total. The lowest BCUT2D eigenvalue weighted by Gasteiger charge is -2.16. The van der Waals surface area contributed by atoms with Gasteiger partial charge in [-0.15, -0.1) is 0 Å². The van der Waals surface area contributed by atoms with Crippen LogP contribution in [0.5, 0.6) is 0 Å². The van der Waals surface area contributed by atoms with Crippen LogP contribution in [0.2, 0.25) is 0 Å². The van der Waals surface area contributed by atoms with Crippen LogP contribution in [0, 0.1) is 0 Å². The van der Waals surface area contributed by atoms with Gasteiger partial charge in [-0.2, -0.15) is 0 Å². The van der Waals surface area contributed by atoms with E-state index >= 15 is 0 Å². The fourth-order valence-electron chi connectivity index (χ4n) is 3.55. The summed E-state index contributed by atoms with van der Waals surface area (Å²) in [6.45, 7) is 5.67. The van der Waals surface area contributed by atoms with Crippen LogP contribution >= 0.6 is 0 Å². The Morgan fingerprint density at radius 1 is 0.970 bits per heavy atom. The average Bonchev–Trinajstić information content (AvgIpc) is 3.14. The minimum atomic E-state index is -0.108. The number of fused-ring (bicyclic) bond motifs is 1. The van der Waals surface area contributed by atoms with Crippen LogP contribution in [0.25, 0.3) is 11.2 Å². The van der Waals surface area contributed by atoms with Crippen molar-refractivity contribution in [1.82, 2.24) is 19.5 Å². The van der Waals surface area contributed by atoms with Crippen LogP contribution in [0.3, 0.4) is 0 Å². The molecule has 4 rings (SSSR count). The number of benzene rings is 2. The summed E-state index contributed by atoms with van der Waals surface area (Å²) in [5.74, 6) is 1.20. The number of nitrogens with zero attached hydrogens (tertiary/aromatic N) is 5. The van der Waals surface area contributed by atoms with Crippen LogP contribution in [0.1, 0.15) is 26.8 Å². The lowest BCUT2D eigenvalue weighted by atomic mass is 10.2. The van der Waals surface area contributed by atoms with E-state index in [0.717, 1.165) is 28.4 Å². The molecular weight excluding hydrogens is 416 g/mol. The van der Waals surface area contributed by atoms with E-state index in [0.29, 0.717) is 17.3 Å². The monoisotopic (exact) mass is 444 g/mol. The number of hydrogen-bond donors (Lipinski definition) is 3. The van der Waals surface area contributed by atoms with Gasteiger partial charge in [-0.25, -0.2) is 15.0 Å². The number of imidazole rings is 1. The smallest absolute Gasteiger partial charge is 0.221 e. The molecule has 0 atom stereocenters. The number of rotatable bonds is 7. The molecule has 170 valence electrons. The van der Waals surface area contributed by atoms with Gasteiger partial charge in [0.15, 0.2) is 17.0 Å². The Balaban J connectivity index is 1.69. The molecule has 3 N–H and O–H groups in total. The molecule has 2 aromatic carbocycles. The maximum absolute atomic E-state index is 11.2. The van der Waals surface area contributed by atoms with Crippen LogP contribution < -0.4 is 20.9 Å². The zero-order valence-corrected chi connectivity index (χ0v) is 19.4. The van der Waals surface area contributed by atoms with Crippen molar-refractivity contribution in [3.05, 3.63) is 54.9 Å². The second-order valence-corrected chi connectivity index (χ2v) is 8.25. The van der Waals surface area contributed by atoms with Gasteiger partial charge in [0.25, 0.3) is 0 Å². The van der Waals surface area contributed by atoms with E-state index in [4.69, 9.17) is 4.98 Å². The fraction of sp³-hybridized carbons (Fsp3) is 0.250. The number of aromatic nitrogens is 4. The zero-order chi connectivity index (χ0) is 23.5. The third kappa shape index (κ3) is 4.87. The molecule has 0 bridgehead atoms. The molecule has 0 radical (unpaired) electrons. The first-order chi connectivity index (χ1) is 15.8. The van der Waals surface area contributed by atoms with Crippen LogP contribution in [0.4, 0.5) is 34.5 Å². The first-order valence-corrected chi connectivity index (χ1v) is 10.7. The van der Waals surface area contributed by atoms with E-state index < -0.39 is 0 Å². The highest BCUT2D eigenvalue weighted by molar-refractivity contribution is 5.90. The molecule has 2 heterocycles. The number of carbonyl (C=O) groups excluding carboxylic acids is 1. The zero-order valence-electron chi connectivity index (χ0n) is 19.4. The molecule has 0 spiro atoms. The van der Waals surface area contributed by atoms with Gasteiger partial charge in [-0.1, -0.05) is 6.07 Å². The molecule has 0 unspecified atom stereocenters. The summed E-state index contributed by atoms with van der Waals surface area (Å²) in [7, 11) is 4.03. The molecule has 4 aromatic rings. The summed E-state index contributed by atoms with van der Waals surface area (Å²) in [6, 6.07) is 15.7. The first kappa shape index (κ1) is 22.1. The van der Waals surface area contributed by atoms with E-state index in [9.17, 15) is 4.79 Å². The quantitative estimate of drug-likeness (QED) is 0.372. The van der Waals surface area contributed by atoms with Crippen LogP contribution in [0.15, 0.2) is 54.9 Å². The predicted molar refractivity (Wildman–Crippen MR) is 134 cm³/mol. The number of hydrogen-bond acceptors (Lipinski definition) is 7. The van der Waals surface area contributed by atoms with E-state index in [1.54, 1.807) is 0 Å². The summed E-state index contributed by atoms with van der Waals surface area (Å²) >= 11 is 0. The largest absolute Gasteiger partial charge is 0.378 e. The fourth-order valence-corrected chi connectivity index (χ4v) is 3.55. The van der Waals surface area contributed by atoms with Crippen molar-refractivity contribution in [2.75, 3.05) is 34.9 Å². The Labute approximate surface area is 192 Å². The van der Waals surface area contributed by atoms with Crippen molar-refractivity contribution < 1.29 is 4.79 Å². The number of anilines is 6. The standard InChI is InChI=1S/C24H28N8O/c1-15(2)32-23-21(30-24(32)29-19-7-6-8-20(13-19)31(4)5)22(25-14-26-23)28-18-11-9-17(10-12-18)27-16(3)33/h6-15H,1-5H3,(H,27,33)(H,29,30)(H,25,26,28). The molecule has 1 amide bonds. The SMILES string of the molecule is CC(=O)Nc1ccc(Nc2ncnc3c2nc(Nc2cccc(N(C)C)c2)n3C(C)C)cc1. The Morgan fingerprint density at radius 2 is 1.70 bits per heavy atom. The summed E-state index contributed by atoms with van der Waals surface area (Å²) in [5.41, 5.74) is 5.01. The highest BCUT2D eigenvalue weighted by Crippen LogP contribution is 2.30. The molecule has 9 heteroatoms. The van der Waals surface area contributed by atoms with E-state index in [-0.39, 0.29) is 11.9 Å². The van der Waals surface area contributed by atoms with Gasteiger partial charge in [-0.3, -0.25) is 9.36 Å². The molecule has 2 aromatic heterocycles. The van der Waals surface area contributed by atoms with Crippen molar-refractivity contribution in [1.29, 1.82) is 0 Å². The van der Waals surface area contributed by atoms with Gasteiger partial charge in [0.1, 0.15) is 6.33 Å². The van der Waals surface area contributed by atoms with Gasteiger partial charge < -0.3 is 20.9 Å². The van der Waals surface area contributed by atoms with Crippen LogP contribution in [-0.4, -0.2) is 39.5 Å². The Morgan fingerprint density at radius 3 is 2.36 bits per heavy atom. The summed E-state index contributed by atoms with van der Waals surface area (Å²) < 4.78 is 2.06. The average molecular weight is 445 g/mol. The van der Waals surface area contributed by atoms with E-state index in [2.05, 4.69) is 61.4 Å². The van der Waals surface area contributed by atoms with Gasteiger partial charge in [0.2, 0.25) is 11.9 Å². The second kappa shape index (κ2) is 9.15. The number of amides is 1. The third-order valence-corrected chi connectivity index (χ3v) is 5.08. The second-order valence-electron chi connectivity index (χ2n) is 8.25. The Hall–Kier alpha value is -4.14. The maximum atomic E-state index is 11.2. The van der Waals surface area contributed by atoms with Gasteiger partial charge in [-0.05, 0) is 56.3 Å². The highest BCUT2D eigenvalue weighted by Gasteiger charge is 2.18. The molecule has 0 aliphatic heterocycles. The lowest BCUT2D eigenvalue weighted by Crippen LogP contribution is -2.09. The maximum Gasteiger partial charge on any atom is 0.221 e. The minimum absolute atomic E-state index is 0.108. The molecule has 0 saturated heterocycles. The Kier molecular flexibility index (Phi) is 6.12. The topological polar surface area (TPSA) is 100 Å². The van der Waals surface area contributed by atoms with Crippen molar-refractivity contribution in [2.45, 2.75) is 26.8 Å². The summed E-state index contributed by atoms with van der Waals surface area (Å²) in [6.07, 6.45) is 1.54.